The third kappa shape index (κ3) is 4.98. The molecular weight excluding hydrogens is 380 g/mol. The molecule has 1 atom stereocenters. The summed E-state index contributed by atoms with van der Waals surface area (Å²) in [7, 11) is -3.50. The van der Waals surface area contributed by atoms with Gasteiger partial charge >= 0.3 is 0 Å². The highest BCUT2D eigenvalue weighted by molar-refractivity contribution is 7.90. The van der Waals surface area contributed by atoms with Crippen LogP contribution in [0.15, 0.2) is 70.3 Å². The second kappa shape index (κ2) is 8.26. The van der Waals surface area contributed by atoms with Crippen LogP contribution in [0.5, 0.6) is 5.75 Å². The van der Waals surface area contributed by atoms with E-state index in [0.29, 0.717) is 12.4 Å². The Morgan fingerprint density at radius 2 is 2.00 bits per heavy atom. The molecule has 3 rings (SSSR count). The lowest BCUT2D eigenvalue weighted by Crippen LogP contribution is -2.26. The van der Waals surface area contributed by atoms with Crippen LogP contribution < -0.4 is 10.1 Å². The van der Waals surface area contributed by atoms with E-state index in [1.807, 2.05) is 49.4 Å². The molecule has 1 N–H and O–H groups in total. The van der Waals surface area contributed by atoms with Gasteiger partial charge in [-0.3, -0.25) is 9.78 Å². The first-order valence-corrected chi connectivity index (χ1v) is 10.5. The Morgan fingerprint density at radius 1 is 1.18 bits per heavy atom. The quantitative estimate of drug-likeness (QED) is 0.654. The third-order valence-corrected chi connectivity index (χ3v) is 4.94. The Morgan fingerprint density at radius 3 is 2.68 bits per heavy atom. The van der Waals surface area contributed by atoms with Crippen molar-refractivity contribution in [3.8, 4) is 5.75 Å². The van der Waals surface area contributed by atoms with Gasteiger partial charge in [0.1, 0.15) is 12.4 Å². The van der Waals surface area contributed by atoms with Crippen molar-refractivity contribution in [2.45, 2.75) is 24.7 Å². The molecule has 1 unspecified atom stereocenters. The zero-order chi connectivity index (χ0) is 20.1. The van der Waals surface area contributed by atoms with Crippen LogP contribution in [0, 0.1) is 0 Å². The molecule has 1 amide bonds. The van der Waals surface area contributed by atoms with Gasteiger partial charge in [-0.25, -0.2) is 8.42 Å². The maximum Gasteiger partial charge on any atom is 0.287 e. The topological polar surface area (TPSA) is 98.5 Å². The summed E-state index contributed by atoms with van der Waals surface area (Å²) in [6.45, 7) is 2.15. The van der Waals surface area contributed by atoms with E-state index in [0.717, 1.165) is 17.5 Å². The lowest BCUT2D eigenvalue weighted by atomic mass is 10.1. The number of hydrogen-bond donors (Lipinski definition) is 1. The molecule has 0 aliphatic carbocycles. The number of hydrogen-bond acceptors (Lipinski definition) is 6. The number of aromatic nitrogens is 1. The van der Waals surface area contributed by atoms with Gasteiger partial charge in [0.05, 0.1) is 11.7 Å². The van der Waals surface area contributed by atoms with E-state index in [4.69, 9.17) is 9.15 Å². The van der Waals surface area contributed by atoms with Gasteiger partial charge in [0.2, 0.25) is 14.9 Å². The van der Waals surface area contributed by atoms with E-state index in [-0.39, 0.29) is 16.9 Å². The van der Waals surface area contributed by atoms with Crippen LogP contribution in [0.25, 0.3) is 0 Å². The number of benzene rings is 1. The minimum Gasteiger partial charge on any atom is -0.487 e. The highest BCUT2D eigenvalue weighted by Gasteiger charge is 2.19. The van der Waals surface area contributed by atoms with Gasteiger partial charge in [-0.05, 0) is 48.9 Å². The number of pyridine rings is 1. The molecule has 0 aliphatic heterocycles. The Hall–Kier alpha value is -3.13. The summed E-state index contributed by atoms with van der Waals surface area (Å²) in [5.74, 6) is 0.0960. The van der Waals surface area contributed by atoms with Crippen molar-refractivity contribution < 1.29 is 22.4 Å². The molecule has 0 spiro atoms. The van der Waals surface area contributed by atoms with Crippen LogP contribution in [0.4, 0.5) is 0 Å². The highest BCUT2D eigenvalue weighted by atomic mass is 32.2. The number of carbonyl (C=O) groups is 1. The molecule has 2 heterocycles. The Bertz CT molecular complexity index is 1060. The fourth-order valence-electron chi connectivity index (χ4n) is 2.51. The minimum atomic E-state index is -3.50. The summed E-state index contributed by atoms with van der Waals surface area (Å²) in [5.41, 5.74) is 1.65. The van der Waals surface area contributed by atoms with Gasteiger partial charge in [0.25, 0.3) is 5.91 Å². The molecule has 1 aromatic carbocycles. The molecule has 146 valence electrons. The van der Waals surface area contributed by atoms with E-state index in [1.54, 1.807) is 6.20 Å². The maximum atomic E-state index is 12.3. The second-order valence-corrected chi connectivity index (χ2v) is 8.21. The molecule has 7 nitrogen and oxygen atoms in total. The number of sulfone groups is 1. The standard InChI is InChI=1S/C20H20N2O5S/c1-14(22-20(23)18-9-10-19(27-18)28(2,24)25)15-6-5-8-17(12-15)26-13-16-7-3-4-11-21-16/h3-12,14H,13H2,1-2H3,(H,22,23). The first kappa shape index (κ1) is 19.6. The van der Waals surface area contributed by atoms with E-state index >= 15 is 0 Å². The van der Waals surface area contributed by atoms with E-state index in [9.17, 15) is 13.2 Å². The van der Waals surface area contributed by atoms with Crippen molar-refractivity contribution in [1.82, 2.24) is 10.3 Å². The summed E-state index contributed by atoms with van der Waals surface area (Å²) >= 11 is 0. The lowest BCUT2D eigenvalue weighted by Gasteiger charge is -2.15. The van der Waals surface area contributed by atoms with E-state index < -0.39 is 15.7 Å². The average Bonchev–Trinajstić information content (AvgIpc) is 3.18. The molecule has 3 aromatic rings. The number of nitrogens with one attached hydrogen (secondary N) is 1. The average molecular weight is 400 g/mol. The monoisotopic (exact) mass is 400 g/mol. The number of nitrogens with zero attached hydrogens (tertiary/aromatic N) is 1. The Balaban J connectivity index is 1.64. The summed E-state index contributed by atoms with van der Waals surface area (Å²) in [6, 6.07) is 15.2. The number of furan rings is 1. The zero-order valence-corrected chi connectivity index (χ0v) is 16.3. The molecule has 8 heteroatoms. The normalized spacial score (nSPS) is 12.4. The molecule has 28 heavy (non-hydrogen) atoms. The second-order valence-electron chi connectivity index (χ2n) is 6.27. The molecule has 0 saturated carbocycles. The van der Waals surface area contributed by atoms with Crippen LogP contribution in [0.3, 0.4) is 0 Å². The van der Waals surface area contributed by atoms with Gasteiger partial charge in [0, 0.05) is 12.5 Å². The van der Waals surface area contributed by atoms with Crippen LogP contribution in [-0.4, -0.2) is 25.6 Å². The van der Waals surface area contributed by atoms with Crippen LogP contribution in [-0.2, 0) is 16.4 Å². The van der Waals surface area contributed by atoms with Gasteiger partial charge < -0.3 is 14.5 Å². The Labute approximate surface area is 163 Å². The van der Waals surface area contributed by atoms with Crippen molar-refractivity contribution in [2.24, 2.45) is 0 Å². The number of rotatable bonds is 7. The van der Waals surface area contributed by atoms with Gasteiger partial charge in [-0.2, -0.15) is 0 Å². The molecular formula is C20H20N2O5S. The predicted octanol–water partition coefficient (Wildman–Crippen LogP) is 3.15. The molecule has 0 fully saturated rings. The van der Waals surface area contributed by atoms with E-state index in [1.165, 1.54) is 12.1 Å². The number of carbonyl (C=O) groups excluding carboxylic acids is 1. The van der Waals surface area contributed by atoms with Gasteiger partial charge in [-0.15, -0.1) is 0 Å². The van der Waals surface area contributed by atoms with Crippen molar-refractivity contribution in [1.29, 1.82) is 0 Å². The summed E-state index contributed by atoms with van der Waals surface area (Å²) in [4.78, 5) is 16.5. The summed E-state index contributed by atoms with van der Waals surface area (Å²) < 4.78 is 33.8. The van der Waals surface area contributed by atoms with Crippen LogP contribution >= 0.6 is 0 Å². The molecule has 0 saturated heterocycles. The van der Waals surface area contributed by atoms with Crippen molar-refractivity contribution in [3.63, 3.8) is 0 Å². The molecule has 2 aromatic heterocycles. The first-order valence-electron chi connectivity index (χ1n) is 8.56. The van der Waals surface area contributed by atoms with Crippen molar-refractivity contribution in [3.05, 3.63) is 77.8 Å². The minimum absolute atomic E-state index is 0.0603. The Kier molecular flexibility index (Phi) is 5.79. The van der Waals surface area contributed by atoms with Gasteiger partial charge in [-0.1, -0.05) is 18.2 Å². The fourth-order valence-corrected chi connectivity index (χ4v) is 3.06. The first-order chi connectivity index (χ1) is 13.3. The molecule has 0 bridgehead atoms. The molecule has 0 radical (unpaired) electrons. The SMILES string of the molecule is CC(NC(=O)c1ccc(S(C)(=O)=O)o1)c1cccc(OCc2ccccn2)c1. The predicted molar refractivity (Wildman–Crippen MR) is 103 cm³/mol. The number of ether oxygens (including phenoxy) is 1. The maximum absolute atomic E-state index is 12.3. The summed E-state index contributed by atoms with van der Waals surface area (Å²) in [5, 5.41) is 2.54. The molecule has 0 aliphatic rings. The zero-order valence-electron chi connectivity index (χ0n) is 15.5. The lowest BCUT2D eigenvalue weighted by molar-refractivity contribution is 0.0906. The van der Waals surface area contributed by atoms with Crippen molar-refractivity contribution >= 4 is 15.7 Å². The van der Waals surface area contributed by atoms with Crippen LogP contribution in [0.2, 0.25) is 0 Å². The van der Waals surface area contributed by atoms with Gasteiger partial charge in [0.15, 0.2) is 5.76 Å². The smallest absolute Gasteiger partial charge is 0.287 e. The summed E-state index contributed by atoms with van der Waals surface area (Å²) in [6.07, 6.45) is 2.73. The van der Waals surface area contributed by atoms with Crippen LogP contribution in [0.1, 0.15) is 34.8 Å². The highest BCUT2D eigenvalue weighted by Crippen LogP contribution is 2.21. The van der Waals surface area contributed by atoms with Crippen molar-refractivity contribution in [2.75, 3.05) is 6.26 Å². The third-order valence-electron chi connectivity index (χ3n) is 3.99. The fraction of sp³-hybridized carbons (Fsp3) is 0.200. The van der Waals surface area contributed by atoms with E-state index in [2.05, 4.69) is 10.3 Å². The largest absolute Gasteiger partial charge is 0.487 e. The number of amides is 1.